The highest BCUT2D eigenvalue weighted by Gasteiger charge is 2.52. The summed E-state index contributed by atoms with van der Waals surface area (Å²) in [7, 11) is 3.52. The molecule has 5 aromatic rings. The molecule has 6 atom stereocenters. The molecular formula is C52H51N3O7. The maximum Gasteiger partial charge on any atom is 0.302 e. The average molecular weight is 830 g/mol. The first-order valence-corrected chi connectivity index (χ1v) is 21.7. The number of carbonyl (C=O) groups is 1. The second-order valence-electron chi connectivity index (χ2n) is 17.6. The minimum Gasteiger partial charge on any atom is -0.508 e. The number of aromatic hydroxyl groups is 2. The summed E-state index contributed by atoms with van der Waals surface area (Å²) in [6.07, 6.45) is 8.82. The number of phenols is 2. The Morgan fingerprint density at radius 1 is 1.03 bits per heavy atom. The number of hydrogen-bond donors (Lipinski definition) is 4. The van der Waals surface area contributed by atoms with Gasteiger partial charge in [0.2, 0.25) is 0 Å². The van der Waals surface area contributed by atoms with Crippen molar-refractivity contribution in [2.45, 2.75) is 81.3 Å². The van der Waals surface area contributed by atoms with E-state index in [0.717, 1.165) is 82.4 Å². The first-order valence-electron chi connectivity index (χ1n) is 21.7. The Morgan fingerprint density at radius 2 is 1.87 bits per heavy atom. The number of likely N-dealkylation sites (N-methyl/N-ethyl adjacent to an activating group) is 1. The predicted octanol–water partition coefficient (Wildman–Crippen LogP) is 8.44. The number of aryl methyl sites for hydroxylation is 1. The van der Waals surface area contributed by atoms with Crippen molar-refractivity contribution < 1.29 is 34.0 Å². The van der Waals surface area contributed by atoms with Gasteiger partial charge in [0.15, 0.2) is 11.5 Å². The molecule has 1 fully saturated rings. The van der Waals surface area contributed by atoms with Crippen LogP contribution in [0.4, 0.5) is 5.82 Å². The van der Waals surface area contributed by atoms with Crippen LogP contribution in [-0.2, 0) is 34.2 Å². The summed E-state index contributed by atoms with van der Waals surface area (Å²) in [5, 5.41) is 26.0. The molecule has 10 rings (SSSR count). The third-order valence-electron chi connectivity index (χ3n) is 14.0. The number of aromatic nitrogens is 1. The fourth-order valence-corrected chi connectivity index (χ4v) is 11.3. The SMILES string of the molecule is CN[C@@H]1C=Cc2c(c(O)cc3c2[C@H]2Oc4c(ccc5c4[C@@]4(CC[C@H](C4)[C@H](CCc4ccccc4)c4ccc(N)nc4C#CC3)Cc3cc(O)cc(OC)c3-5)[C@H]2COC(C)=O)OC1. The van der Waals surface area contributed by atoms with Crippen molar-refractivity contribution in [3.8, 4) is 51.7 Å². The van der Waals surface area contributed by atoms with Crippen molar-refractivity contribution in [1.29, 1.82) is 0 Å². The van der Waals surface area contributed by atoms with Crippen LogP contribution in [0.15, 0.2) is 78.9 Å². The molecule has 0 saturated heterocycles. The van der Waals surface area contributed by atoms with Gasteiger partial charge in [-0.25, -0.2) is 4.98 Å². The van der Waals surface area contributed by atoms with Gasteiger partial charge in [0.05, 0.1) is 19.1 Å². The topological polar surface area (TPSA) is 145 Å². The van der Waals surface area contributed by atoms with Crippen LogP contribution < -0.4 is 25.3 Å². The number of esters is 1. The van der Waals surface area contributed by atoms with E-state index in [1.165, 1.54) is 12.5 Å². The average Bonchev–Trinajstić information content (AvgIpc) is 3.76. The zero-order valence-corrected chi connectivity index (χ0v) is 35.3. The molecular weight excluding hydrogens is 779 g/mol. The summed E-state index contributed by atoms with van der Waals surface area (Å²) >= 11 is 0. The van der Waals surface area contributed by atoms with E-state index in [4.69, 9.17) is 29.7 Å². The molecule has 10 nitrogen and oxygen atoms in total. The number of rotatable bonds is 7. The number of pyridine rings is 1. The minimum absolute atomic E-state index is 0.0104. The maximum absolute atomic E-state index is 12.6. The number of nitrogens with zero attached hydrogens (tertiary/aromatic N) is 1. The van der Waals surface area contributed by atoms with E-state index in [-0.39, 0.29) is 53.8 Å². The van der Waals surface area contributed by atoms with Gasteiger partial charge in [-0.1, -0.05) is 66.6 Å². The van der Waals surface area contributed by atoms with E-state index in [1.807, 2.05) is 31.3 Å². The van der Waals surface area contributed by atoms with Crippen LogP contribution in [0.5, 0.6) is 28.7 Å². The Kier molecular flexibility index (Phi) is 10.1. The van der Waals surface area contributed by atoms with Crippen molar-refractivity contribution in [3.63, 3.8) is 0 Å². The van der Waals surface area contributed by atoms with Crippen molar-refractivity contribution in [2.75, 3.05) is 33.1 Å². The number of nitrogens with one attached hydrogen (secondary N) is 1. The van der Waals surface area contributed by atoms with Gasteiger partial charge in [-0.3, -0.25) is 4.79 Å². The number of benzene rings is 4. The maximum atomic E-state index is 12.6. The van der Waals surface area contributed by atoms with Crippen molar-refractivity contribution in [3.05, 3.63) is 129 Å². The van der Waals surface area contributed by atoms with Crippen molar-refractivity contribution in [2.24, 2.45) is 5.92 Å². The van der Waals surface area contributed by atoms with Gasteiger partial charge in [0.1, 0.15) is 48.1 Å². The number of nitrogen functional groups attached to an aromatic ring is 1. The molecule has 4 bridgehead atoms. The molecule has 1 spiro atoms. The lowest BCUT2D eigenvalue weighted by Gasteiger charge is -2.39. The van der Waals surface area contributed by atoms with Crippen LogP contribution >= 0.6 is 0 Å². The molecule has 10 heteroatoms. The Hall–Kier alpha value is -6.44. The zero-order valence-electron chi connectivity index (χ0n) is 35.3. The van der Waals surface area contributed by atoms with Gasteiger partial charge in [0.25, 0.3) is 0 Å². The van der Waals surface area contributed by atoms with Gasteiger partial charge in [0, 0.05) is 52.6 Å². The van der Waals surface area contributed by atoms with Crippen molar-refractivity contribution >= 4 is 17.9 Å². The van der Waals surface area contributed by atoms with Gasteiger partial charge >= 0.3 is 5.97 Å². The van der Waals surface area contributed by atoms with Crippen molar-refractivity contribution in [1.82, 2.24) is 10.3 Å². The number of anilines is 1. The van der Waals surface area contributed by atoms with Gasteiger partial charge in [-0.15, -0.1) is 0 Å². The molecule has 5 aliphatic rings. The fourth-order valence-electron chi connectivity index (χ4n) is 11.3. The summed E-state index contributed by atoms with van der Waals surface area (Å²) in [5.74, 6) is 8.86. The van der Waals surface area contributed by atoms with E-state index in [0.29, 0.717) is 41.6 Å². The van der Waals surface area contributed by atoms with Crippen LogP contribution in [0.3, 0.4) is 0 Å². The van der Waals surface area contributed by atoms with Crippen LogP contribution in [0, 0.1) is 17.8 Å². The minimum atomic E-state index is -0.636. The quantitative estimate of drug-likeness (QED) is 0.0932. The predicted molar refractivity (Wildman–Crippen MR) is 238 cm³/mol. The lowest BCUT2D eigenvalue weighted by molar-refractivity contribution is -0.141. The van der Waals surface area contributed by atoms with Gasteiger partial charge in [-0.05, 0) is 109 Å². The summed E-state index contributed by atoms with van der Waals surface area (Å²) in [6.45, 7) is 1.83. The Balaban J connectivity index is 1.24. The highest BCUT2D eigenvalue weighted by molar-refractivity contribution is 5.84. The third-order valence-corrected chi connectivity index (χ3v) is 14.0. The zero-order chi connectivity index (χ0) is 42.7. The van der Waals surface area contributed by atoms with Crippen LogP contribution in [-0.4, -0.2) is 54.6 Å². The van der Waals surface area contributed by atoms with E-state index < -0.39 is 12.0 Å². The summed E-state index contributed by atoms with van der Waals surface area (Å²) in [6, 6.07) is 24.2. The summed E-state index contributed by atoms with van der Waals surface area (Å²) in [4.78, 5) is 17.5. The van der Waals surface area contributed by atoms with E-state index >= 15 is 0 Å². The number of phenolic OH excluding ortho intramolecular Hbond substituents is 2. The third kappa shape index (κ3) is 6.80. The molecule has 62 heavy (non-hydrogen) atoms. The molecule has 0 radical (unpaired) electrons. The number of ether oxygens (including phenoxy) is 4. The van der Waals surface area contributed by atoms with Crippen LogP contribution in [0.2, 0.25) is 0 Å². The van der Waals surface area contributed by atoms with E-state index in [2.05, 4.69) is 65.7 Å². The van der Waals surface area contributed by atoms with Crippen LogP contribution in [0.25, 0.3) is 17.2 Å². The molecule has 4 heterocycles. The molecule has 316 valence electrons. The Bertz CT molecular complexity index is 2700. The molecule has 0 amide bonds. The lowest BCUT2D eigenvalue weighted by Crippen LogP contribution is -2.31. The largest absolute Gasteiger partial charge is 0.508 e. The highest BCUT2D eigenvalue weighted by atomic mass is 16.5. The molecule has 5 N–H and O–H groups in total. The standard InChI is InChI=1S/C52H51N3O7/c1-29(56)60-28-41-38-16-17-39-46-33(22-35(57)24-44(46)59-3)26-52-21-20-32(25-52)36(14-12-30-8-5-4-6-9-30)37-18-19-45(53)55-42(37)11-7-10-31-23-43(58)49-40(15-13-34(54-2)27-61-49)47(31)50(41)62-51(38)48(39)52/h4-6,8-9,13,15-19,22-24,32,34,36,41,50,54,57-58H,10,12,14,20-21,25-28H2,1-3H3,(H2,53,55)/t32-,34-,36+,41-,50+,52-/m1/s1. The highest BCUT2D eigenvalue weighted by Crippen LogP contribution is 2.64. The lowest BCUT2D eigenvalue weighted by atomic mass is 9.64. The van der Waals surface area contributed by atoms with E-state index in [9.17, 15) is 15.0 Å². The first-order chi connectivity index (χ1) is 30.1. The van der Waals surface area contributed by atoms with E-state index in [1.54, 1.807) is 19.2 Å². The smallest absolute Gasteiger partial charge is 0.302 e. The van der Waals surface area contributed by atoms with Gasteiger partial charge in [-0.2, -0.15) is 0 Å². The Morgan fingerprint density at radius 3 is 2.68 bits per heavy atom. The number of fused-ring (bicyclic) bond motifs is 9. The summed E-state index contributed by atoms with van der Waals surface area (Å²) in [5.41, 5.74) is 16.4. The number of methoxy groups -OCH3 is 1. The van der Waals surface area contributed by atoms with Gasteiger partial charge < -0.3 is 40.2 Å². The molecule has 2 aliphatic carbocycles. The fraction of sp³-hybridized carbons (Fsp3) is 0.346. The molecule has 0 unspecified atom stereocenters. The monoisotopic (exact) mass is 829 g/mol. The first kappa shape index (κ1) is 39.7. The molecule has 1 saturated carbocycles. The second kappa shape index (κ2) is 15.8. The molecule has 4 aromatic carbocycles. The second-order valence-corrected chi connectivity index (χ2v) is 17.6. The molecule has 1 aromatic heterocycles. The summed E-state index contributed by atoms with van der Waals surface area (Å²) < 4.78 is 25.8. The Labute approximate surface area is 362 Å². The number of carbonyl (C=O) groups excluding carboxylic acids is 1. The van der Waals surface area contributed by atoms with Crippen LogP contribution in [0.1, 0.15) is 101 Å². The number of hydrogen-bond acceptors (Lipinski definition) is 10. The normalized spacial score (nSPS) is 23.6. The molecule has 3 aliphatic heterocycles. The number of nitrogens with two attached hydrogens (primary N) is 1.